The van der Waals surface area contributed by atoms with Gasteiger partial charge in [-0.2, -0.15) is 0 Å². The molecule has 0 aromatic heterocycles. The number of piperazine rings is 2. The zero-order valence-corrected chi connectivity index (χ0v) is 50.0. The van der Waals surface area contributed by atoms with Gasteiger partial charge in [-0.1, -0.05) is 88.6 Å². The molecule has 1 aromatic rings. The fraction of sp³-hybridized carbons (Fsp3) is 0.750. The van der Waals surface area contributed by atoms with Crippen molar-refractivity contribution in [2.75, 3.05) is 40.4 Å². The number of carboxylic acids is 1. The monoisotopic (exact) mass is 1150 g/mol. The number of alkyl carbamates (subject to hydrolysis) is 1. The molecule has 10 aliphatic rings. The van der Waals surface area contributed by atoms with Crippen LogP contribution in [0.2, 0.25) is 0 Å². The normalized spacial score (nSPS) is 29.3. The second-order valence-electron chi connectivity index (χ2n) is 25.0. The standard InChI is InChI=1S/C21H28N2O5.2C12H18N2O2.C8H14O2.C7H13NO2.ClH/c1-20(18(25)27-2)11-8-14-23(20)17(24)21(12-6-7-13-21)22-19(26)28-15-16-9-4-3-5-10-16;2*1-11-5-4-8-14(11)10(16)12(13-9(11)15)6-2-3-7-12;1-2-8(7(9)10)5-3-4-6-8;1-7(6(9)10-2)4-3-5-8-7;/h3-5,9-10H,6-8,11-15H2,1-2H3,(H,22,26);2*2-8H2,1H3,(H,13,15);2-6H2,1H3,(H,9,10);8H,3-5H2,1-2H3;1H/t20-;2*11-;;7-;/m000.0./s1. The molecule has 6 saturated heterocycles. The van der Waals surface area contributed by atoms with Crippen molar-refractivity contribution in [2.45, 2.75) is 241 Å². The summed E-state index contributed by atoms with van der Waals surface area (Å²) >= 11 is 0. The first kappa shape index (κ1) is 64.7. The molecule has 2 spiro atoms. The van der Waals surface area contributed by atoms with Gasteiger partial charge in [-0.05, 0) is 149 Å². The maximum atomic E-state index is 13.5. The predicted molar refractivity (Wildman–Crippen MR) is 303 cm³/mol. The number of fused-ring (bicyclic) bond motifs is 2. The SMILES string of the molecule is CCC1(C(=O)O)CCCC1.COC(=O)[C@]1(C)CCCN1.COC(=O)[C@]1(C)CCCN1C(=O)C1(NC(=O)OCc2ccccc2)CCCC1.C[C@@]12CCCN1C(=O)C1(CCCC1)NC2=O.C[C@@]12CCCN1C(=O)C1(CCCC1)NC2=O.Cl. The molecule has 10 fully saturated rings. The van der Waals surface area contributed by atoms with Crippen LogP contribution >= 0.6 is 12.4 Å². The molecular formula is C60H92ClN7O13. The molecule has 20 nitrogen and oxygen atoms in total. The van der Waals surface area contributed by atoms with Gasteiger partial charge in [-0.3, -0.25) is 33.6 Å². The molecule has 6 heterocycles. The summed E-state index contributed by atoms with van der Waals surface area (Å²) in [6, 6.07) is 9.38. The molecule has 4 saturated carbocycles. The summed E-state index contributed by atoms with van der Waals surface area (Å²) in [5.41, 5.74) is -4.10. The number of hydrogen-bond acceptors (Lipinski definition) is 13. The number of nitrogens with zero attached hydrogens (tertiary/aromatic N) is 3. The number of amides is 6. The first-order valence-electron chi connectivity index (χ1n) is 29.7. The number of carbonyl (C=O) groups excluding carboxylic acids is 8. The van der Waals surface area contributed by atoms with E-state index in [1.54, 1.807) is 11.8 Å². The number of ether oxygens (including phenoxy) is 3. The van der Waals surface area contributed by atoms with E-state index in [2.05, 4.69) is 26.0 Å². The highest BCUT2D eigenvalue weighted by atomic mass is 35.5. The Morgan fingerprint density at radius 1 is 0.593 bits per heavy atom. The Labute approximate surface area is 484 Å². The van der Waals surface area contributed by atoms with Crippen molar-refractivity contribution in [3.63, 3.8) is 0 Å². The Kier molecular flexibility index (Phi) is 21.1. The molecule has 81 heavy (non-hydrogen) atoms. The third-order valence-electron chi connectivity index (χ3n) is 19.8. The highest BCUT2D eigenvalue weighted by molar-refractivity contribution is 6.03. The van der Waals surface area contributed by atoms with Crippen molar-refractivity contribution in [1.82, 2.24) is 36.0 Å². The van der Waals surface area contributed by atoms with Crippen molar-refractivity contribution in [3.05, 3.63) is 35.9 Å². The van der Waals surface area contributed by atoms with E-state index in [4.69, 9.17) is 14.6 Å². The second-order valence-corrected chi connectivity index (χ2v) is 25.0. The first-order chi connectivity index (χ1) is 38.0. The van der Waals surface area contributed by atoms with E-state index in [1.165, 1.54) is 14.2 Å². The van der Waals surface area contributed by atoms with Crippen molar-refractivity contribution in [2.24, 2.45) is 5.41 Å². The predicted octanol–water partition coefficient (Wildman–Crippen LogP) is 7.16. The molecule has 4 aliphatic carbocycles. The fourth-order valence-corrected chi connectivity index (χ4v) is 14.4. The number of halogens is 1. The summed E-state index contributed by atoms with van der Waals surface area (Å²) < 4.78 is 14.9. The van der Waals surface area contributed by atoms with E-state index in [0.29, 0.717) is 25.8 Å². The Bertz CT molecular complexity index is 2380. The van der Waals surface area contributed by atoms with Crippen molar-refractivity contribution in [1.29, 1.82) is 0 Å². The van der Waals surface area contributed by atoms with Gasteiger partial charge in [0.25, 0.3) is 0 Å². The van der Waals surface area contributed by atoms with Crippen LogP contribution in [0, 0.1) is 5.41 Å². The third kappa shape index (κ3) is 13.0. The van der Waals surface area contributed by atoms with Gasteiger partial charge in [0.1, 0.15) is 45.4 Å². The highest BCUT2D eigenvalue weighted by Gasteiger charge is 2.60. The largest absolute Gasteiger partial charge is 0.481 e. The quantitative estimate of drug-likeness (QED) is 0.128. The van der Waals surface area contributed by atoms with Crippen molar-refractivity contribution >= 4 is 65.9 Å². The topological polar surface area (TPSA) is 259 Å². The van der Waals surface area contributed by atoms with Gasteiger partial charge >= 0.3 is 24.0 Å². The van der Waals surface area contributed by atoms with Gasteiger partial charge in [-0.25, -0.2) is 9.59 Å². The molecule has 0 bridgehead atoms. The van der Waals surface area contributed by atoms with Gasteiger partial charge in [0.2, 0.25) is 29.5 Å². The first-order valence-corrected chi connectivity index (χ1v) is 29.7. The maximum Gasteiger partial charge on any atom is 0.408 e. The number of carbonyl (C=O) groups is 9. The van der Waals surface area contributed by atoms with Crippen LogP contribution in [0.4, 0.5) is 4.79 Å². The lowest BCUT2D eigenvalue weighted by atomic mass is 9.84. The summed E-state index contributed by atoms with van der Waals surface area (Å²) in [7, 11) is 2.76. The number of rotatable bonds is 8. The molecule has 5 N–H and O–H groups in total. The van der Waals surface area contributed by atoms with E-state index in [1.807, 2.05) is 67.8 Å². The van der Waals surface area contributed by atoms with E-state index in [-0.39, 0.29) is 59.9 Å². The molecule has 0 radical (unpaired) electrons. The van der Waals surface area contributed by atoms with E-state index in [9.17, 15) is 43.2 Å². The van der Waals surface area contributed by atoms with Gasteiger partial charge in [0, 0.05) is 19.6 Å². The Morgan fingerprint density at radius 3 is 1.49 bits per heavy atom. The van der Waals surface area contributed by atoms with E-state index in [0.717, 1.165) is 166 Å². The van der Waals surface area contributed by atoms with E-state index < -0.39 is 56.8 Å². The lowest BCUT2D eigenvalue weighted by molar-refractivity contribution is -0.160. The molecule has 6 amide bonds. The minimum Gasteiger partial charge on any atom is -0.481 e. The molecule has 11 rings (SSSR count). The average Bonchev–Trinajstić information content (AvgIpc) is 4.49. The van der Waals surface area contributed by atoms with Crippen LogP contribution in [0.1, 0.15) is 201 Å². The third-order valence-corrected chi connectivity index (χ3v) is 19.8. The summed E-state index contributed by atoms with van der Waals surface area (Å²) in [5.74, 6) is -0.907. The lowest BCUT2D eigenvalue weighted by Gasteiger charge is -2.46. The van der Waals surface area contributed by atoms with Crippen LogP contribution in [0.15, 0.2) is 30.3 Å². The van der Waals surface area contributed by atoms with E-state index >= 15 is 0 Å². The van der Waals surface area contributed by atoms with Crippen LogP contribution in [0.3, 0.4) is 0 Å². The average molecular weight is 1150 g/mol. The summed E-state index contributed by atoms with van der Waals surface area (Å²) in [6.07, 6.45) is 21.2. The number of aliphatic carboxylic acids is 1. The number of esters is 2. The van der Waals surface area contributed by atoms with Crippen LogP contribution in [-0.2, 0) is 59.2 Å². The number of nitrogens with one attached hydrogen (secondary N) is 4. The minimum absolute atomic E-state index is 0. The van der Waals surface area contributed by atoms with Gasteiger partial charge in [0.15, 0.2) is 0 Å². The van der Waals surface area contributed by atoms with Crippen LogP contribution in [0.25, 0.3) is 0 Å². The Hall–Kier alpha value is -5.50. The summed E-state index contributed by atoms with van der Waals surface area (Å²) in [4.78, 5) is 115. The van der Waals surface area contributed by atoms with Gasteiger partial charge < -0.3 is 55.3 Å². The number of benzene rings is 1. The van der Waals surface area contributed by atoms with Crippen molar-refractivity contribution in [3.8, 4) is 0 Å². The number of carboxylic acid groups (broad SMARTS) is 1. The molecule has 4 atom stereocenters. The molecule has 6 aliphatic heterocycles. The lowest BCUT2D eigenvalue weighted by Crippen LogP contribution is -2.72. The Balaban J connectivity index is 0.000000172. The smallest absolute Gasteiger partial charge is 0.408 e. The number of likely N-dealkylation sites (tertiary alicyclic amines) is 1. The molecular weight excluding hydrogens is 1060 g/mol. The second kappa shape index (κ2) is 26.4. The molecule has 0 unspecified atom stereocenters. The van der Waals surface area contributed by atoms with Crippen LogP contribution in [-0.4, -0.2) is 153 Å². The summed E-state index contributed by atoms with van der Waals surface area (Å²) in [6.45, 7) is 12.4. The Morgan fingerprint density at radius 2 is 1.06 bits per heavy atom. The highest BCUT2D eigenvalue weighted by Crippen LogP contribution is 2.44. The number of methoxy groups -OCH3 is 2. The molecule has 1 aromatic carbocycles. The minimum atomic E-state index is -1.02. The molecule has 21 heteroatoms. The molecule has 452 valence electrons. The van der Waals surface area contributed by atoms with Crippen molar-refractivity contribution < 1.29 is 62.5 Å². The van der Waals surface area contributed by atoms with Gasteiger partial charge in [-0.15, -0.1) is 12.4 Å². The maximum absolute atomic E-state index is 13.5. The zero-order valence-electron chi connectivity index (χ0n) is 49.2. The summed E-state index contributed by atoms with van der Waals surface area (Å²) in [5, 5.41) is 20.8. The fourth-order valence-electron chi connectivity index (χ4n) is 14.4. The van der Waals surface area contributed by atoms with Gasteiger partial charge in [0.05, 0.1) is 19.6 Å². The number of hydrogen-bond donors (Lipinski definition) is 5. The zero-order chi connectivity index (χ0) is 58.2. The van der Waals surface area contributed by atoms with Crippen LogP contribution < -0.4 is 21.3 Å². The van der Waals surface area contributed by atoms with Crippen LogP contribution in [0.5, 0.6) is 0 Å².